The van der Waals surface area contributed by atoms with Gasteiger partial charge in [0.05, 0.1) is 22.6 Å². The van der Waals surface area contributed by atoms with Crippen molar-refractivity contribution in [3.05, 3.63) is 34.6 Å². The fourth-order valence-corrected chi connectivity index (χ4v) is 1.65. The van der Waals surface area contributed by atoms with Gasteiger partial charge in [-0.15, -0.1) is 0 Å². The zero-order chi connectivity index (χ0) is 13.0. The maximum absolute atomic E-state index is 12.8. The van der Waals surface area contributed by atoms with E-state index in [1.165, 1.54) is 17.0 Å². The quantitative estimate of drug-likeness (QED) is 0.832. The molecule has 1 rings (SSSR count). The Bertz CT molecular complexity index is 470. The summed E-state index contributed by atoms with van der Waals surface area (Å²) in [4.78, 5) is 13.3. The summed E-state index contributed by atoms with van der Waals surface area (Å²) in [6.07, 6.45) is 0. The molecule has 0 bridgehead atoms. The van der Waals surface area contributed by atoms with Crippen molar-refractivity contribution >= 4 is 17.5 Å². The lowest BCUT2D eigenvalue weighted by molar-refractivity contribution is 0.0785. The maximum atomic E-state index is 12.8. The van der Waals surface area contributed by atoms with Crippen molar-refractivity contribution in [2.45, 2.75) is 6.92 Å². The number of carbonyl (C=O) groups is 1. The molecule has 90 valence electrons. The van der Waals surface area contributed by atoms with Crippen LogP contribution in [0.25, 0.3) is 0 Å². The molecule has 0 saturated carbocycles. The summed E-state index contributed by atoms with van der Waals surface area (Å²) in [5.74, 6) is -1.07. The van der Waals surface area contributed by atoms with Gasteiger partial charge in [-0.1, -0.05) is 11.6 Å². The smallest absolute Gasteiger partial charge is 0.255 e. The Labute approximate surface area is 104 Å². The number of nitrogens with zero attached hydrogens (tertiary/aromatic N) is 2. The minimum Gasteiger partial charge on any atom is -0.340 e. The Morgan fingerprint density at radius 2 is 2.29 bits per heavy atom. The molecule has 0 aromatic heterocycles. The predicted molar refractivity (Wildman–Crippen MR) is 63.1 cm³/mol. The summed E-state index contributed by atoms with van der Waals surface area (Å²) in [6.45, 7) is 2.03. The van der Waals surface area contributed by atoms with Gasteiger partial charge in [0.25, 0.3) is 5.91 Å². The van der Waals surface area contributed by atoms with Gasteiger partial charge in [-0.2, -0.15) is 5.26 Å². The summed E-state index contributed by atoms with van der Waals surface area (Å²) in [5, 5.41) is 8.74. The lowest BCUT2D eigenvalue weighted by atomic mass is 10.1. The molecular weight excluding hydrogens is 243 g/mol. The van der Waals surface area contributed by atoms with Gasteiger partial charge in [-0.25, -0.2) is 4.39 Å². The summed E-state index contributed by atoms with van der Waals surface area (Å²) < 4.78 is 12.8. The molecule has 0 aliphatic carbocycles. The summed E-state index contributed by atoms with van der Waals surface area (Å²) in [5.41, 5.74) is 0.237. The van der Waals surface area contributed by atoms with E-state index in [1.54, 1.807) is 14.0 Å². The molecule has 17 heavy (non-hydrogen) atoms. The SMILES string of the molecule is CC(C#N)CN(C)C(=O)c1ccc(F)cc1Cl. The Morgan fingerprint density at radius 3 is 2.82 bits per heavy atom. The normalized spacial score (nSPS) is 11.7. The number of carbonyl (C=O) groups excluding carboxylic acids is 1. The first-order chi connectivity index (χ1) is 7.95. The number of nitriles is 1. The molecule has 1 amide bonds. The highest BCUT2D eigenvalue weighted by molar-refractivity contribution is 6.33. The lowest BCUT2D eigenvalue weighted by Gasteiger charge is -2.18. The van der Waals surface area contributed by atoms with Gasteiger partial charge in [-0.3, -0.25) is 4.79 Å². The van der Waals surface area contributed by atoms with E-state index in [0.29, 0.717) is 6.54 Å². The molecular formula is C12H12ClFN2O. The van der Waals surface area contributed by atoms with Crippen molar-refractivity contribution < 1.29 is 9.18 Å². The first-order valence-electron chi connectivity index (χ1n) is 5.06. The van der Waals surface area contributed by atoms with Gasteiger partial charge in [0.2, 0.25) is 0 Å². The van der Waals surface area contributed by atoms with Crippen LogP contribution in [-0.2, 0) is 0 Å². The molecule has 5 heteroatoms. The van der Waals surface area contributed by atoms with Gasteiger partial charge in [-0.05, 0) is 25.1 Å². The number of halogens is 2. The van der Waals surface area contributed by atoms with Crippen molar-refractivity contribution in [3.63, 3.8) is 0 Å². The van der Waals surface area contributed by atoms with Crippen LogP contribution in [0.5, 0.6) is 0 Å². The zero-order valence-corrected chi connectivity index (χ0v) is 10.3. The molecule has 0 saturated heterocycles. The summed E-state index contributed by atoms with van der Waals surface area (Å²) in [7, 11) is 1.58. The Hall–Kier alpha value is -1.60. The minimum absolute atomic E-state index is 0.0754. The fourth-order valence-electron chi connectivity index (χ4n) is 1.40. The van der Waals surface area contributed by atoms with Crippen LogP contribution in [0.1, 0.15) is 17.3 Å². The van der Waals surface area contributed by atoms with Gasteiger partial charge >= 0.3 is 0 Å². The maximum Gasteiger partial charge on any atom is 0.255 e. The van der Waals surface area contributed by atoms with E-state index >= 15 is 0 Å². The highest BCUT2D eigenvalue weighted by atomic mass is 35.5. The Morgan fingerprint density at radius 1 is 1.65 bits per heavy atom. The van der Waals surface area contributed by atoms with Crippen LogP contribution in [0.15, 0.2) is 18.2 Å². The fraction of sp³-hybridized carbons (Fsp3) is 0.333. The van der Waals surface area contributed by atoms with Crippen LogP contribution in [0.3, 0.4) is 0 Å². The van der Waals surface area contributed by atoms with Crippen molar-refractivity contribution in [1.82, 2.24) is 4.90 Å². The second-order valence-electron chi connectivity index (χ2n) is 3.84. The van der Waals surface area contributed by atoms with Gasteiger partial charge in [0, 0.05) is 13.6 Å². The first kappa shape index (κ1) is 13.5. The average Bonchev–Trinajstić information content (AvgIpc) is 2.28. The Kier molecular flexibility index (Phi) is 4.47. The van der Waals surface area contributed by atoms with Crippen LogP contribution in [0, 0.1) is 23.1 Å². The van der Waals surface area contributed by atoms with Gasteiger partial charge in [0.1, 0.15) is 5.82 Å². The first-order valence-corrected chi connectivity index (χ1v) is 5.43. The molecule has 1 atom stereocenters. The largest absolute Gasteiger partial charge is 0.340 e. The van der Waals surface area contributed by atoms with E-state index in [4.69, 9.17) is 16.9 Å². The third kappa shape index (κ3) is 3.43. The number of hydrogen-bond acceptors (Lipinski definition) is 2. The number of hydrogen-bond donors (Lipinski definition) is 0. The second-order valence-corrected chi connectivity index (χ2v) is 4.25. The number of amides is 1. The molecule has 0 radical (unpaired) electrons. The van der Waals surface area contributed by atoms with E-state index in [0.717, 1.165) is 6.07 Å². The number of rotatable bonds is 3. The average molecular weight is 255 g/mol. The molecule has 0 heterocycles. The molecule has 3 nitrogen and oxygen atoms in total. The lowest BCUT2D eigenvalue weighted by Crippen LogP contribution is -2.30. The second kappa shape index (κ2) is 5.65. The molecule has 0 N–H and O–H groups in total. The summed E-state index contributed by atoms with van der Waals surface area (Å²) >= 11 is 5.79. The van der Waals surface area contributed by atoms with E-state index in [1.807, 2.05) is 6.07 Å². The highest BCUT2D eigenvalue weighted by Gasteiger charge is 2.17. The third-order valence-electron chi connectivity index (χ3n) is 2.28. The van der Waals surface area contributed by atoms with Crippen molar-refractivity contribution in [1.29, 1.82) is 5.26 Å². The van der Waals surface area contributed by atoms with E-state index < -0.39 is 5.82 Å². The standard InChI is InChI=1S/C12H12ClFN2O/c1-8(6-15)7-16(2)12(17)10-4-3-9(14)5-11(10)13/h3-5,8H,7H2,1-2H3. The van der Waals surface area contributed by atoms with Crippen molar-refractivity contribution in [2.75, 3.05) is 13.6 Å². The van der Waals surface area contributed by atoms with Crippen LogP contribution < -0.4 is 0 Å². The molecule has 1 unspecified atom stereocenters. The molecule has 0 aliphatic heterocycles. The summed E-state index contributed by atoms with van der Waals surface area (Å²) in [6, 6.07) is 5.65. The molecule has 0 spiro atoms. The molecule has 1 aromatic carbocycles. The molecule has 0 aliphatic rings. The van der Waals surface area contributed by atoms with Crippen LogP contribution in [0.4, 0.5) is 4.39 Å². The van der Waals surface area contributed by atoms with Crippen LogP contribution in [0.2, 0.25) is 5.02 Å². The monoisotopic (exact) mass is 254 g/mol. The number of benzene rings is 1. The van der Waals surface area contributed by atoms with E-state index in [-0.39, 0.29) is 22.4 Å². The molecule has 1 aromatic rings. The minimum atomic E-state index is -0.486. The predicted octanol–water partition coefficient (Wildman–Crippen LogP) is 2.71. The molecule has 0 fully saturated rings. The van der Waals surface area contributed by atoms with Gasteiger partial charge in [0.15, 0.2) is 0 Å². The zero-order valence-electron chi connectivity index (χ0n) is 9.58. The van der Waals surface area contributed by atoms with Crippen LogP contribution >= 0.6 is 11.6 Å². The van der Waals surface area contributed by atoms with Crippen molar-refractivity contribution in [3.8, 4) is 6.07 Å². The third-order valence-corrected chi connectivity index (χ3v) is 2.59. The topological polar surface area (TPSA) is 44.1 Å². The highest BCUT2D eigenvalue weighted by Crippen LogP contribution is 2.19. The van der Waals surface area contributed by atoms with E-state index in [2.05, 4.69) is 0 Å². The van der Waals surface area contributed by atoms with Crippen molar-refractivity contribution in [2.24, 2.45) is 5.92 Å². The van der Waals surface area contributed by atoms with Gasteiger partial charge < -0.3 is 4.90 Å². The Balaban J connectivity index is 2.86. The van der Waals surface area contributed by atoms with E-state index in [9.17, 15) is 9.18 Å². The van der Waals surface area contributed by atoms with Crippen LogP contribution in [-0.4, -0.2) is 24.4 Å².